The molecule has 0 spiro atoms. The van der Waals surface area contributed by atoms with Crippen LogP contribution in [0.3, 0.4) is 0 Å². The topological polar surface area (TPSA) is 116 Å². The molecule has 0 bridgehead atoms. The van der Waals surface area contributed by atoms with Gasteiger partial charge in [0, 0.05) is 19.0 Å². The molecule has 1 aromatic rings. The largest absolute Gasteiger partial charge is 0.495 e. The van der Waals surface area contributed by atoms with Crippen LogP contribution in [-0.2, 0) is 4.79 Å². The van der Waals surface area contributed by atoms with Crippen molar-refractivity contribution in [2.75, 3.05) is 13.7 Å². The molecule has 4 N–H and O–H groups in total. The quantitative estimate of drug-likeness (QED) is 0.576. The molecule has 0 heterocycles. The van der Waals surface area contributed by atoms with E-state index in [1.807, 2.05) is 0 Å². The molecule has 0 aliphatic heterocycles. The van der Waals surface area contributed by atoms with Crippen molar-refractivity contribution in [1.29, 1.82) is 0 Å². The van der Waals surface area contributed by atoms with Crippen molar-refractivity contribution in [1.82, 2.24) is 5.32 Å². The summed E-state index contributed by atoms with van der Waals surface area (Å²) in [5.74, 6) is -1.41. The van der Waals surface area contributed by atoms with Crippen LogP contribution in [0, 0.1) is 0 Å². The smallest absolute Gasteiger partial charge is 0.339 e. The number of para-hydroxylation sites is 1. The van der Waals surface area contributed by atoms with Crippen LogP contribution in [-0.4, -0.2) is 47.0 Å². The number of ether oxygens (including phenoxy) is 1. The molecule has 0 saturated heterocycles. The summed E-state index contributed by atoms with van der Waals surface area (Å²) in [6.07, 6.45) is -2.34. The zero-order chi connectivity index (χ0) is 16.0. The number of aromatic carboxylic acids is 1. The highest BCUT2D eigenvalue weighted by Gasteiger charge is 2.24. The number of aliphatic hydroxyl groups excluding tert-OH is 2. The van der Waals surface area contributed by atoms with Crippen molar-refractivity contribution in [2.45, 2.75) is 25.6 Å². The van der Waals surface area contributed by atoms with E-state index in [1.165, 1.54) is 32.2 Å². The van der Waals surface area contributed by atoms with Crippen LogP contribution in [0.25, 0.3) is 0 Å². The summed E-state index contributed by atoms with van der Waals surface area (Å²) in [7, 11) is 1.29. The van der Waals surface area contributed by atoms with Gasteiger partial charge in [-0.1, -0.05) is 12.1 Å². The maximum atomic E-state index is 11.1. The summed E-state index contributed by atoms with van der Waals surface area (Å²) in [5, 5.41) is 31.6. The van der Waals surface area contributed by atoms with Gasteiger partial charge in [-0.25, -0.2) is 4.79 Å². The van der Waals surface area contributed by atoms with Crippen LogP contribution < -0.4 is 10.1 Å². The van der Waals surface area contributed by atoms with E-state index in [2.05, 4.69) is 5.32 Å². The normalized spacial score (nSPS) is 13.3. The molecule has 0 aliphatic rings. The van der Waals surface area contributed by atoms with Gasteiger partial charge in [0.15, 0.2) is 0 Å². The zero-order valence-corrected chi connectivity index (χ0v) is 11.9. The first-order chi connectivity index (χ1) is 9.88. The van der Waals surface area contributed by atoms with Crippen LogP contribution in [0.1, 0.15) is 35.4 Å². The number of carbonyl (C=O) groups is 2. The average Bonchev–Trinajstić information content (AvgIpc) is 2.44. The molecule has 2 unspecified atom stereocenters. The highest BCUT2D eigenvalue weighted by Crippen LogP contribution is 2.31. The molecule has 0 radical (unpaired) electrons. The summed E-state index contributed by atoms with van der Waals surface area (Å²) in [6, 6.07) is 4.30. The van der Waals surface area contributed by atoms with E-state index in [9.17, 15) is 19.8 Å². The lowest BCUT2D eigenvalue weighted by Crippen LogP contribution is -2.28. The summed E-state index contributed by atoms with van der Waals surface area (Å²) in [6.45, 7) is 1.55. The number of benzene rings is 1. The standard InChI is InChI=1S/C14H19NO6/c1-8(16)15-7-6-11(17)12(18)9-4-3-5-10(14(19)20)13(9)21-2/h3-5,11-12,17-18H,6-7H2,1-2H3,(H,15,16)(H,19,20). The van der Waals surface area contributed by atoms with E-state index in [-0.39, 0.29) is 35.7 Å². The molecule has 2 atom stereocenters. The highest BCUT2D eigenvalue weighted by molar-refractivity contribution is 5.91. The van der Waals surface area contributed by atoms with Gasteiger partial charge in [-0.05, 0) is 12.5 Å². The van der Waals surface area contributed by atoms with Crippen LogP contribution in [0.2, 0.25) is 0 Å². The summed E-state index contributed by atoms with van der Waals surface area (Å²) >= 11 is 0. The van der Waals surface area contributed by atoms with Crippen molar-refractivity contribution in [3.05, 3.63) is 29.3 Å². The monoisotopic (exact) mass is 297 g/mol. The van der Waals surface area contributed by atoms with Gasteiger partial charge in [0.2, 0.25) is 5.91 Å². The van der Waals surface area contributed by atoms with Crippen molar-refractivity contribution in [2.24, 2.45) is 0 Å². The second kappa shape index (κ2) is 7.61. The molecule has 0 saturated carbocycles. The Balaban J connectivity index is 2.90. The summed E-state index contributed by atoms with van der Waals surface area (Å²) in [4.78, 5) is 21.8. The Morgan fingerprint density at radius 1 is 1.33 bits per heavy atom. The molecular formula is C14H19NO6. The van der Waals surface area contributed by atoms with Gasteiger partial charge in [0.05, 0.1) is 13.2 Å². The third-order valence-electron chi connectivity index (χ3n) is 2.98. The van der Waals surface area contributed by atoms with Gasteiger partial charge in [-0.15, -0.1) is 0 Å². The minimum atomic E-state index is -1.31. The fraction of sp³-hybridized carbons (Fsp3) is 0.429. The molecule has 1 rings (SSSR count). The Hall–Kier alpha value is -2.12. The second-order valence-electron chi connectivity index (χ2n) is 4.52. The molecule has 0 fully saturated rings. The highest BCUT2D eigenvalue weighted by atomic mass is 16.5. The van der Waals surface area contributed by atoms with E-state index in [0.29, 0.717) is 0 Å². The van der Waals surface area contributed by atoms with Gasteiger partial charge in [0.25, 0.3) is 0 Å². The molecule has 1 amide bonds. The Kier molecular flexibility index (Phi) is 6.13. The molecule has 116 valence electrons. The first kappa shape index (κ1) is 16.9. The third-order valence-corrected chi connectivity index (χ3v) is 2.98. The summed E-state index contributed by atoms with van der Waals surface area (Å²) in [5.41, 5.74) is 0.0934. The van der Waals surface area contributed by atoms with Crippen molar-refractivity contribution in [3.8, 4) is 5.75 Å². The number of nitrogens with one attached hydrogen (secondary N) is 1. The number of hydrogen-bond acceptors (Lipinski definition) is 5. The van der Waals surface area contributed by atoms with E-state index in [0.717, 1.165) is 0 Å². The van der Waals surface area contributed by atoms with E-state index >= 15 is 0 Å². The molecule has 0 aromatic heterocycles. The molecule has 21 heavy (non-hydrogen) atoms. The predicted molar refractivity (Wildman–Crippen MR) is 74.2 cm³/mol. The minimum Gasteiger partial charge on any atom is -0.495 e. The maximum absolute atomic E-state index is 11.1. The van der Waals surface area contributed by atoms with Gasteiger partial charge in [-0.2, -0.15) is 0 Å². The fourth-order valence-electron chi connectivity index (χ4n) is 1.95. The molecule has 1 aromatic carbocycles. The number of carboxylic acids is 1. The Bertz CT molecular complexity index is 516. The Morgan fingerprint density at radius 2 is 2.00 bits per heavy atom. The van der Waals surface area contributed by atoms with Gasteiger partial charge >= 0.3 is 5.97 Å². The van der Waals surface area contributed by atoms with Gasteiger partial charge < -0.3 is 25.4 Å². The zero-order valence-electron chi connectivity index (χ0n) is 11.9. The lowest BCUT2D eigenvalue weighted by Gasteiger charge is -2.21. The number of aliphatic hydroxyl groups is 2. The van der Waals surface area contributed by atoms with Crippen LogP contribution in [0.5, 0.6) is 5.75 Å². The Morgan fingerprint density at radius 3 is 2.52 bits per heavy atom. The van der Waals surface area contributed by atoms with E-state index in [1.54, 1.807) is 0 Å². The fourth-order valence-corrected chi connectivity index (χ4v) is 1.95. The van der Waals surface area contributed by atoms with E-state index < -0.39 is 18.2 Å². The summed E-state index contributed by atoms with van der Waals surface area (Å²) < 4.78 is 5.03. The lowest BCUT2D eigenvalue weighted by atomic mass is 9.98. The molecule has 7 heteroatoms. The SMILES string of the molecule is COc1c(C(=O)O)cccc1C(O)C(O)CCNC(C)=O. The van der Waals surface area contributed by atoms with Crippen molar-refractivity contribution in [3.63, 3.8) is 0 Å². The molecular weight excluding hydrogens is 278 g/mol. The van der Waals surface area contributed by atoms with Gasteiger partial charge in [0.1, 0.15) is 17.4 Å². The van der Waals surface area contributed by atoms with Crippen LogP contribution in [0.15, 0.2) is 18.2 Å². The number of methoxy groups -OCH3 is 1. The number of rotatable bonds is 7. The molecule has 0 aliphatic carbocycles. The average molecular weight is 297 g/mol. The number of hydrogen-bond donors (Lipinski definition) is 4. The van der Waals surface area contributed by atoms with Gasteiger partial charge in [-0.3, -0.25) is 4.79 Å². The number of amides is 1. The molecule has 7 nitrogen and oxygen atoms in total. The second-order valence-corrected chi connectivity index (χ2v) is 4.52. The first-order valence-corrected chi connectivity index (χ1v) is 6.39. The number of carboxylic acid groups (broad SMARTS) is 1. The predicted octanol–water partition coefficient (Wildman–Crippen LogP) is 0.314. The third kappa shape index (κ3) is 4.44. The van der Waals surface area contributed by atoms with Crippen LogP contribution in [0.4, 0.5) is 0 Å². The lowest BCUT2D eigenvalue weighted by molar-refractivity contribution is -0.119. The van der Waals surface area contributed by atoms with Crippen LogP contribution >= 0.6 is 0 Å². The van der Waals surface area contributed by atoms with E-state index in [4.69, 9.17) is 9.84 Å². The maximum Gasteiger partial charge on any atom is 0.339 e. The van der Waals surface area contributed by atoms with Crippen molar-refractivity contribution < 1.29 is 29.6 Å². The Labute approximate surface area is 122 Å². The first-order valence-electron chi connectivity index (χ1n) is 6.39. The number of carbonyl (C=O) groups excluding carboxylic acids is 1. The van der Waals surface area contributed by atoms with Crippen molar-refractivity contribution >= 4 is 11.9 Å². The minimum absolute atomic E-state index is 0.0103.